The Hall–Kier alpha value is -1.39. The number of hydrogen-bond acceptors (Lipinski definition) is 3. The van der Waals surface area contributed by atoms with Crippen molar-refractivity contribution in [3.05, 3.63) is 35.9 Å². The molecule has 0 saturated carbocycles. The molecule has 2 N–H and O–H groups in total. The second kappa shape index (κ2) is 7.57. The molecule has 0 spiro atoms. The Balaban J connectivity index is 2.05. The van der Waals surface area contributed by atoms with Gasteiger partial charge < -0.3 is 15.4 Å². The van der Waals surface area contributed by atoms with Gasteiger partial charge in [0.1, 0.15) is 0 Å². The number of rotatable bonds is 6. The summed E-state index contributed by atoms with van der Waals surface area (Å²) in [7, 11) is 0. The van der Waals surface area contributed by atoms with Crippen molar-refractivity contribution in [2.45, 2.75) is 32.9 Å². The van der Waals surface area contributed by atoms with Gasteiger partial charge in [0.15, 0.2) is 0 Å². The fraction of sp³-hybridized carbons (Fsp3) is 0.588. The van der Waals surface area contributed by atoms with Crippen LogP contribution in [0.25, 0.3) is 0 Å². The molecule has 3 atom stereocenters. The van der Waals surface area contributed by atoms with E-state index < -0.39 is 0 Å². The minimum atomic E-state index is -0.102. The zero-order chi connectivity index (χ0) is 15.2. The summed E-state index contributed by atoms with van der Waals surface area (Å²) in [5.74, 6) is 0.326. The Morgan fingerprint density at radius 1 is 1.29 bits per heavy atom. The van der Waals surface area contributed by atoms with E-state index in [4.69, 9.17) is 4.74 Å². The number of ether oxygens (including phenoxy) is 1. The summed E-state index contributed by atoms with van der Waals surface area (Å²) < 4.78 is 5.47. The molecule has 21 heavy (non-hydrogen) atoms. The van der Waals surface area contributed by atoms with Gasteiger partial charge in [-0.15, -0.1) is 0 Å². The minimum Gasteiger partial charge on any atom is -0.379 e. The van der Waals surface area contributed by atoms with Gasteiger partial charge in [-0.2, -0.15) is 0 Å². The maximum atomic E-state index is 12.6. The Kier molecular flexibility index (Phi) is 5.76. The van der Waals surface area contributed by atoms with Gasteiger partial charge in [-0.1, -0.05) is 51.1 Å². The monoisotopic (exact) mass is 290 g/mol. The number of carbonyl (C=O) groups is 1. The second-order valence-corrected chi connectivity index (χ2v) is 5.95. The highest BCUT2D eigenvalue weighted by molar-refractivity contribution is 5.80. The van der Waals surface area contributed by atoms with Crippen LogP contribution in [0.4, 0.5) is 0 Å². The molecule has 1 aromatic rings. The lowest BCUT2D eigenvalue weighted by Gasteiger charge is -2.26. The summed E-state index contributed by atoms with van der Waals surface area (Å²) in [5, 5.41) is 6.54. The summed E-state index contributed by atoms with van der Waals surface area (Å²) in [6, 6.07) is 10.3. The van der Waals surface area contributed by atoms with Gasteiger partial charge in [0.05, 0.1) is 25.2 Å². The van der Waals surface area contributed by atoms with Gasteiger partial charge in [-0.05, 0) is 18.0 Å². The lowest BCUT2D eigenvalue weighted by molar-refractivity contribution is -0.126. The van der Waals surface area contributed by atoms with Gasteiger partial charge in [0.25, 0.3) is 0 Å². The standard InChI is InChI=1S/C17H26N2O2/c1-4-18-15-11-21-10-14(15)17(20)19-16(12(2)3)13-8-6-5-7-9-13/h5-9,12,14-16,18H,4,10-11H2,1-3H3,(H,19,20). The summed E-state index contributed by atoms with van der Waals surface area (Å²) in [5.41, 5.74) is 1.15. The first-order valence-electron chi connectivity index (χ1n) is 7.80. The third-order valence-corrected chi connectivity index (χ3v) is 4.01. The zero-order valence-electron chi connectivity index (χ0n) is 13.1. The van der Waals surface area contributed by atoms with E-state index in [0.29, 0.717) is 19.1 Å². The van der Waals surface area contributed by atoms with Gasteiger partial charge in [-0.25, -0.2) is 0 Å². The number of nitrogens with one attached hydrogen (secondary N) is 2. The number of amides is 1. The van der Waals surface area contributed by atoms with Crippen LogP contribution in [-0.2, 0) is 9.53 Å². The van der Waals surface area contributed by atoms with Gasteiger partial charge in [-0.3, -0.25) is 4.79 Å². The maximum Gasteiger partial charge on any atom is 0.227 e. The largest absolute Gasteiger partial charge is 0.379 e. The van der Waals surface area contributed by atoms with Crippen molar-refractivity contribution in [1.82, 2.24) is 10.6 Å². The smallest absolute Gasteiger partial charge is 0.227 e. The highest BCUT2D eigenvalue weighted by Gasteiger charge is 2.34. The Morgan fingerprint density at radius 3 is 2.62 bits per heavy atom. The lowest BCUT2D eigenvalue weighted by atomic mass is 9.94. The summed E-state index contributed by atoms with van der Waals surface area (Å²) in [6.45, 7) is 8.28. The van der Waals surface area contributed by atoms with E-state index in [1.165, 1.54) is 0 Å². The molecule has 0 aromatic heterocycles. The van der Waals surface area contributed by atoms with Crippen LogP contribution < -0.4 is 10.6 Å². The highest BCUT2D eigenvalue weighted by Crippen LogP contribution is 2.23. The third-order valence-electron chi connectivity index (χ3n) is 4.01. The fourth-order valence-corrected chi connectivity index (χ4v) is 2.83. The van der Waals surface area contributed by atoms with Gasteiger partial charge in [0, 0.05) is 6.04 Å². The van der Waals surface area contributed by atoms with E-state index in [1.807, 2.05) is 25.1 Å². The Bertz CT molecular complexity index is 447. The molecular formula is C17H26N2O2. The molecule has 2 rings (SSSR count). The zero-order valence-corrected chi connectivity index (χ0v) is 13.1. The first-order valence-corrected chi connectivity index (χ1v) is 7.80. The van der Waals surface area contributed by atoms with E-state index in [9.17, 15) is 4.79 Å². The van der Waals surface area contributed by atoms with Crippen LogP contribution in [0.1, 0.15) is 32.4 Å². The van der Waals surface area contributed by atoms with Crippen molar-refractivity contribution in [3.8, 4) is 0 Å². The molecule has 0 radical (unpaired) electrons. The number of hydrogen-bond donors (Lipinski definition) is 2. The number of benzene rings is 1. The van der Waals surface area contributed by atoms with Gasteiger partial charge in [0.2, 0.25) is 5.91 Å². The molecule has 3 unspecified atom stereocenters. The topological polar surface area (TPSA) is 50.4 Å². The molecule has 0 bridgehead atoms. The molecule has 1 aliphatic rings. The highest BCUT2D eigenvalue weighted by atomic mass is 16.5. The molecule has 1 saturated heterocycles. The van der Waals surface area contributed by atoms with E-state index in [-0.39, 0.29) is 23.9 Å². The third kappa shape index (κ3) is 4.05. The average molecular weight is 290 g/mol. The molecule has 4 heteroatoms. The summed E-state index contributed by atoms with van der Waals surface area (Å²) >= 11 is 0. The first kappa shape index (κ1) is 16.0. The van der Waals surface area contributed by atoms with Crippen molar-refractivity contribution in [2.24, 2.45) is 11.8 Å². The predicted molar refractivity (Wildman–Crippen MR) is 83.9 cm³/mol. The van der Waals surface area contributed by atoms with E-state index in [2.05, 4.69) is 36.6 Å². The average Bonchev–Trinajstić information content (AvgIpc) is 2.94. The van der Waals surface area contributed by atoms with Crippen LogP contribution in [0.2, 0.25) is 0 Å². The van der Waals surface area contributed by atoms with E-state index in [0.717, 1.165) is 12.1 Å². The number of carbonyl (C=O) groups excluding carboxylic acids is 1. The Labute approximate surface area is 127 Å². The van der Waals surface area contributed by atoms with Crippen LogP contribution >= 0.6 is 0 Å². The van der Waals surface area contributed by atoms with Crippen molar-refractivity contribution in [3.63, 3.8) is 0 Å². The maximum absolute atomic E-state index is 12.6. The van der Waals surface area contributed by atoms with Crippen molar-refractivity contribution in [2.75, 3.05) is 19.8 Å². The summed E-state index contributed by atoms with van der Waals surface area (Å²) in [6.07, 6.45) is 0. The molecule has 4 nitrogen and oxygen atoms in total. The molecule has 1 fully saturated rings. The molecule has 1 heterocycles. The van der Waals surface area contributed by atoms with Crippen molar-refractivity contribution < 1.29 is 9.53 Å². The SMILES string of the molecule is CCNC1COCC1C(=O)NC(c1ccccc1)C(C)C. The van der Waals surface area contributed by atoms with Gasteiger partial charge >= 0.3 is 0 Å². The minimum absolute atomic E-state index is 0.0431. The lowest BCUT2D eigenvalue weighted by Crippen LogP contribution is -2.45. The van der Waals surface area contributed by atoms with Crippen LogP contribution in [0.15, 0.2) is 30.3 Å². The quantitative estimate of drug-likeness (QED) is 0.844. The van der Waals surface area contributed by atoms with Crippen LogP contribution in [-0.4, -0.2) is 31.7 Å². The fourth-order valence-electron chi connectivity index (χ4n) is 2.83. The predicted octanol–water partition coefficient (Wildman–Crippen LogP) is 2.12. The molecule has 1 aromatic carbocycles. The Morgan fingerprint density at radius 2 is 2.00 bits per heavy atom. The molecular weight excluding hydrogens is 264 g/mol. The second-order valence-electron chi connectivity index (χ2n) is 5.95. The van der Waals surface area contributed by atoms with Crippen LogP contribution in [0.3, 0.4) is 0 Å². The van der Waals surface area contributed by atoms with Crippen LogP contribution in [0, 0.1) is 11.8 Å². The molecule has 1 aliphatic heterocycles. The van der Waals surface area contributed by atoms with Crippen LogP contribution in [0.5, 0.6) is 0 Å². The summed E-state index contributed by atoms with van der Waals surface area (Å²) in [4.78, 5) is 12.6. The normalized spacial score (nSPS) is 23.2. The molecule has 1 amide bonds. The van der Waals surface area contributed by atoms with E-state index >= 15 is 0 Å². The molecule has 0 aliphatic carbocycles. The first-order chi connectivity index (χ1) is 10.1. The van der Waals surface area contributed by atoms with Crippen molar-refractivity contribution >= 4 is 5.91 Å². The van der Waals surface area contributed by atoms with Crippen molar-refractivity contribution in [1.29, 1.82) is 0 Å². The number of likely N-dealkylation sites (N-methyl/N-ethyl adjacent to an activating group) is 1. The van der Waals surface area contributed by atoms with E-state index in [1.54, 1.807) is 0 Å². The molecule has 116 valence electrons.